The number of ether oxygens (including phenoxy) is 1. The van der Waals surface area contributed by atoms with Crippen LogP contribution in [0.1, 0.15) is 62.2 Å². The Morgan fingerprint density at radius 1 is 0.932 bits per heavy atom. The second-order valence-corrected chi connectivity index (χ2v) is 11.2. The second-order valence-electron chi connectivity index (χ2n) is 11.2. The third-order valence-corrected chi connectivity index (χ3v) is 8.01. The van der Waals surface area contributed by atoms with E-state index in [-0.39, 0.29) is 24.4 Å². The molecule has 5 aromatic rings. The van der Waals surface area contributed by atoms with Crippen molar-refractivity contribution in [3.63, 3.8) is 0 Å². The predicted octanol–water partition coefficient (Wildman–Crippen LogP) is 6.70. The first-order valence-corrected chi connectivity index (χ1v) is 15.5. The van der Waals surface area contributed by atoms with E-state index in [1.54, 1.807) is 7.11 Å². The molecule has 0 unspecified atom stereocenters. The number of aromatic nitrogens is 3. The van der Waals surface area contributed by atoms with Crippen molar-refractivity contribution in [2.24, 2.45) is 0 Å². The van der Waals surface area contributed by atoms with Gasteiger partial charge in [-0.2, -0.15) is 0 Å². The van der Waals surface area contributed by atoms with Crippen molar-refractivity contribution in [2.45, 2.75) is 58.4 Å². The van der Waals surface area contributed by atoms with Crippen molar-refractivity contribution in [1.82, 2.24) is 30.9 Å². The van der Waals surface area contributed by atoms with E-state index in [1.165, 1.54) is 5.39 Å². The Labute approximate surface area is 258 Å². The highest BCUT2D eigenvalue weighted by Crippen LogP contribution is 2.28. The number of benzene rings is 3. The number of methoxy groups -OCH3 is 1. The maximum atomic E-state index is 13.5. The molecule has 3 amide bonds. The van der Waals surface area contributed by atoms with Crippen LogP contribution in [-0.2, 0) is 11.2 Å². The first kappa shape index (κ1) is 30.7. The molecule has 44 heavy (non-hydrogen) atoms. The van der Waals surface area contributed by atoms with E-state index < -0.39 is 0 Å². The first-order valence-electron chi connectivity index (χ1n) is 15.5. The first-order chi connectivity index (χ1) is 21.4. The van der Waals surface area contributed by atoms with Gasteiger partial charge in [0, 0.05) is 35.2 Å². The third kappa shape index (κ3) is 7.58. The fourth-order valence-electron chi connectivity index (χ4n) is 5.53. The van der Waals surface area contributed by atoms with Gasteiger partial charge in [-0.15, -0.1) is 0 Å². The van der Waals surface area contributed by atoms with Crippen LogP contribution in [0.15, 0.2) is 66.9 Å². The minimum Gasteiger partial charge on any atom is -0.497 e. The van der Waals surface area contributed by atoms with Gasteiger partial charge in [0.05, 0.1) is 31.5 Å². The van der Waals surface area contributed by atoms with E-state index in [0.717, 1.165) is 70.2 Å². The average Bonchev–Trinajstić information content (AvgIpc) is 3.64. The van der Waals surface area contributed by atoms with Crippen LogP contribution < -0.4 is 20.7 Å². The topological polar surface area (TPSA) is 124 Å². The third-order valence-electron chi connectivity index (χ3n) is 8.01. The molecule has 0 fully saturated rings. The smallest absolute Gasteiger partial charge is 0.314 e. The van der Waals surface area contributed by atoms with Crippen LogP contribution in [-0.4, -0.2) is 47.1 Å². The van der Waals surface area contributed by atoms with Crippen molar-refractivity contribution in [1.29, 1.82) is 0 Å². The number of nitrogens with one attached hydrogen (secondary N) is 5. The Hall–Kier alpha value is -4.79. The molecule has 0 radical (unpaired) electrons. The molecule has 2 aromatic heterocycles. The quantitative estimate of drug-likeness (QED) is 0.0918. The van der Waals surface area contributed by atoms with Gasteiger partial charge < -0.3 is 30.7 Å². The van der Waals surface area contributed by atoms with Gasteiger partial charge in [-0.25, -0.2) is 9.78 Å². The summed E-state index contributed by atoms with van der Waals surface area (Å²) in [6, 6.07) is 20.0. The van der Waals surface area contributed by atoms with E-state index >= 15 is 0 Å². The zero-order chi connectivity index (χ0) is 30.9. The molecule has 9 nitrogen and oxygen atoms in total. The molecule has 2 heterocycles. The number of unbranched alkanes of at least 4 members (excludes halogenated alkanes) is 2. The lowest BCUT2D eigenvalue weighted by Gasteiger charge is -2.17. The number of rotatable bonds is 14. The number of urea groups is 1. The van der Waals surface area contributed by atoms with E-state index in [4.69, 9.17) is 9.72 Å². The van der Waals surface area contributed by atoms with Crippen LogP contribution in [0, 0.1) is 6.92 Å². The number of hydrogen-bond acceptors (Lipinski definition) is 4. The summed E-state index contributed by atoms with van der Waals surface area (Å²) in [7, 11) is 1.64. The Morgan fingerprint density at radius 2 is 1.73 bits per heavy atom. The fourth-order valence-corrected chi connectivity index (χ4v) is 5.53. The van der Waals surface area contributed by atoms with Crippen LogP contribution in [0.5, 0.6) is 5.75 Å². The van der Waals surface area contributed by atoms with Crippen molar-refractivity contribution in [2.75, 3.05) is 20.2 Å². The number of H-pyrrole nitrogens is 2. The molecule has 0 aliphatic rings. The molecule has 0 aliphatic heterocycles. The molecule has 0 spiro atoms. The van der Waals surface area contributed by atoms with Crippen LogP contribution in [0.2, 0.25) is 0 Å². The summed E-state index contributed by atoms with van der Waals surface area (Å²) in [5.41, 5.74) is 4.81. The molecule has 5 rings (SSSR count). The maximum absolute atomic E-state index is 13.5. The Bertz CT molecular complexity index is 1720. The molecule has 3 aromatic carbocycles. The highest BCUT2D eigenvalue weighted by atomic mass is 16.5. The van der Waals surface area contributed by atoms with E-state index in [1.807, 2.05) is 43.5 Å². The van der Waals surface area contributed by atoms with Gasteiger partial charge in [0.15, 0.2) is 0 Å². The van der Waals surface area contributed by atoms with Crippen molar-refractivity contribution in [3.05, 3.63) is 83.9 Å². The maximum Gasteiger partial charge on any atom is 0.314 e. The van der Waals surface area contributed by atoms with Gasteiger partial charge in [-0.1, -0.05) is 49.7 Å². The number of aryl methyl sites for hydroxylation is 1. The van der Waals surface area contributed by atoms with Crippen LogP contribution in [0.3, 0.4) is 0 Å². The summed E-state index contributed by atoms with van der Waals surface area (Å²) < 4.78 is 5.42. The fraction of sp³-hybridized carbons (Fsp3) is 0.343. The molecule has 0 saturated heterocycles. The molecule has 0 aliphatic carbocycles. The Balaban J connectivity index is 1.29. The number of fused-ring (bicyclic) bond motifs is 2. The summed E-state index contributed by atoms with van der Waals surface area (Å²) in [6.45, 7) is 5.32. The summed E-state index contributed by atoms with van der Waals surface area (Å²) in [5, 5.41) is 12.4. The molecular weight excluding hydrogens is 552 g/mol. The number of nitrogens with zero attached hydrogens (tertiary/aromatic N) is 1. The van der Waals surface area contributed by atoms with Gasteiger partial charge in [0.25, 0.3) is 0 Å². The highest BCUT2D eigenvalue weighted by molar-refractivity contribution is 5.91. The van der Waals surface area contributed by atoms with E-state index in [9.17, 15) is 9.59 Å². The van der Waals surface area contributed by atoms with Crippen LogP contribution in [0.4, 0.5) is 4.79 Å². The molecule has 0 saturated carbocycles. The minimum absolute atomic E-state index is 0.0844. The van der Waals surface area contributed by atoms with Crippen LogP contribution in [0.25, 0.3) is 32.9 Å². The molecule has 9 heteroatoms. The summed E-state index contributed by atoms with van der Waals surface area (Å²) in [4.78, 5) is 37.1. The van der Waals surface area contributed by atoms with Gasteiger partial charge >= 0.3 is 6.03 Å². The van der Waals surface area contributed by atoms with E-state index in [2.05, 4.69) is 63.2 Å². The molecule has 230 valence electrons. The Kier molecular flexibility index (Phi) is 10.2. The molecule has 1 atom stereocenters. The zero-order valence-electron chi connectivity index (χ0n) is 25.8. The van der Waals surface area contributed by atoms with E-state index in [0.29, 0.717) is 25.3 Å². The van der Waals surface area contributed by atoms with Gasteiger partial charge in [-0.3, -0.25) is 4.79 Å². The highest BCUT2D eigenvalue weighted by Gasteiger charge is 2.20. The molecule has 5 N–H and O–H groups in total. The Morgan fingerprint density at radius 3 is 2.52 bits per heavy atom. The number of imidazole rings is 1. The average molecular weight is 595 g/mol. The number of carbonyl (C=O) groups is 2. The zero-order valence-corrected chi connectivity index (χ0v) is 25.8. The summed E-state index contributed by atoms with van der Waals surface area (Å²) in [6.07, 6.45) is 6.32. The number of amides is 3. The van der Waals surface area contributed by atoms with Crippen molar-refractivity contribution >= 4 is 33.6 Å². The van der Waals surface area contributed by atoms with Gasteiger partial charge in [0.1, 0.15) is 11.6 Å². The molecular formula is C35H42N6O3. The lowest BCUT2D eigenvalue weighted by atomic mass is 10.0. The van der Waals surface area contributed by atoms with Gasteiger partial charge in [-0.05, 0) is 73.2 Å². The minimum atomic E-state index is -0.310. The number of aromatic amines is 2. The summed E-state index contributed by atoms with van der Waals surface area (Å²) >= 11 is 0. The van der Waals surface area contributed by atoms with Crippen LogP contribution >= 0.6 is 0 Å². The predicted molar refractivity (Wildman–Crippen MR) is 176 cm³/mol. The normalized spacial score (nSPS) is 11.9. The van der Waals surface area contributed by atoms with Crippen molar-refractivity contribution in [3.8, 4) is 17.0 Å². The lowest BCUT2D eigenvalue weighted by Crippen LogP contribution is -2.36. The van der Waals surface area contributed by atoms with Crippen molar-refractivity contribution < 1.29 is 14.3 Å². The number of hydrogen-bond donors (Lipinski definition) is 5. The monoisotopic (exact) mass is 594 g/mol. The second kappa shape index (κ2) is 14.6. The number of carbonyl (C=O) groups excluding carboxylic acids is 2. The largest absolute Gasteiger partial charge is 0.497 e. The molecule has 0 bridgehead atoms. The standard InChI is InChI=1S/C35H42N6O3/c1-4-5-17-36-35(43)37-18-9-8-12-31(34-38-22-32(41-34)26-14-13-24-10-6-7-11-25(24)19-26)40-33(42)21-28-23(2)39-30-16-15-27(44-3)20-29(28)30/h6-7,10-11,13-16,19-20,22,31,39H,4-5,8-9,12,17-18,21H2,1-3H3,(H,38,41)(H,40,42)(H2,36,37,43)/t31-/m0/s1. The SMILES string of the molecule is CCCCNC(=O)NCCCC[C@H](NC(=O)Cc1c(C)[nH]c2ccc(OC)cc12)c1ncc(-c2ccc3ccccc3c2)[nH]1. The summed E-state index contributed by atoms with van der Waals surface area (Å²) in [5.74, 6) is 1.38. The lowest BCUT2D eigenvalue weighted by molar-refractivity contribution is -0.121. The van der Waals surface area contributed by atoms with Gasteiger partial charge in [0.2, 0.25) is 5.91 Å².